The van der Waals surface area contributed by atoms with Crippen molar-refractivity contribution in [3.05, 3.63) is 87.7 Å². The van der Waals surface area contributed by atoms with Crippen LogP contribution in [0.5, 0.6) is 0 Å². The van der Waals surface area contributed by atoms with Crippen LogP contribution in [0.4, 0.5) is 11.5 Å². The Balaban J connectivity index is 1.63. The van der Waals surface area contributed by atoms with E-state index in [4.69, 9.17) is 5.73 Å². The summed E-state index contributed by atoms with van der Waals surface area (Å²) in [4.78, 5) is 36.1. The van der Waals surface area contributed by atoms with E-state index in [0.29, 0.717) is 12.2 Å². The van der Waals surface area contributed by atoms with Crippen molar-refractivity contribution >= 4 is 23.3 Å². The fourth-order valence-corrected chi connectivity index (χ4v) is 3.07. The van der Waals surface area contributed by atoms with Gasteiger partial charge >= 0.3 is 0 Å². The van der Waals surface area contributed by atoms with Crippen LogP contribution in [0.25, 0.3) is 5.69 Å². The molecule has 4 N–H and O–H groups in total. The molecule has 7 heteroatoms. The lowest BCUT2D eigenvalue weighted by atomic mass is 10.1. The summed E-state index contributed by atoms with van der Waals surface area (Å²) < 4.78 is 1.22. The van der Waals surface area contributed by atoms with Crippen LogP contribution < -0.4 is 21.9 Å². The van der Waals surface area contributed by atoms with Crippen molar-refractivity contribution in [1.82, 2.24) is 9.88 Å². The van der Waals surface area contributed by atoms with Crippen molar-refractivity contribution in [2.45, 2.75) is 6.54 Å². The molecular formula is C20H16N4O3. The van der Waals surface area contributed by atoms with Gasteiger partial charge in [0.25, 0.3) is 17.4 Å². The Morgan fingerprint density at radius 1 is 0.926 bits per heavy atom. The Kier molecular flexibility index (Phi) is 3.97. The molecule has 0 atom stereocenters. The molecule has 0 unspecified atom stereocenters. The monoisotopic (exact) mass is 360 g/mol. The smallest absolute Gasteiger partial charge is 0.262 e. The zero-order valence-corrected chi connectivity index (χ0v) is 14.2. The summed E-state index contributed by atoms with van der Waals surface area (Å²) in [5, 5.41) is 5.45. The zero-order chi connectivity index (χ0) is 19.0. The summed E-state index contributed by atoms with van der Waals surface area (Å²) in [5.41, 5.74) is 8.14. The van der Waals surface area contributed by atoms with Gasteiger partial charge in [-0.15, -0.1) is 0 Å². The van der Waals surface area contributed by atoms with Crippen LogP contribution in [0.1, 0.15) is 26.3 Å². The Bertz CT molecular complexity index is 1100. The van der Waals surface area contributed by atoms with Crippen molar-refractivity contribution in [2.24, 2.45) is 0 Å². The highest BCUT2D eigenvalue weighted by Gasteiger charge is 2.31. The third-order valence-corrected chi connectivity index (χ3v) is 4.42. The fraction of sp³-hybridized carbons (Fsp3) is 0.0500. The second-order valence-corrected chi connectivity index (χ2v) is 6.16. The molecule has 1 aliphatic rings. The van der Waals surface area contributed by atoms with Gasteiger partial charge in [0.15, 0.2) is 0 Å². The molecule has 27 heavy (non-hydrogen) atoms. The number of nitrogen functional groups attached to an aromatic ring is 1. The quantitative estimate of drug-likeness (QED) is 0.616. The minimum absolute atomic E-state index is 0.0138. The summed E-state index contributed by atoms with van der Waals surface area (Å²) in [7, 11) is 0. The molecule has 0 bridgehead atoms. The van der Waals surface area contributed by atoms with E-state index in [9.17, 15) is 14.4 Å². The topological polar surface area (TPSA) is 106 Å². The highest BCUT2D eigenvalue weighted by molar-refractivity contribution is 6.23. The van der Waals surface area contributed by atoms with Gasteiger partial charge in [0.1, 0.15) is 5.82 Å². The summed E-state index contributed by atoms with van der Waals surface area (Å²) >= 11 is 0. The number of pyridine rings is 1. The number of hydrogen-bond donors (Lipinski definition) is 3. The number of fused-ring (bicyclic) bond motifs is 1. The van der Waals surface area contributed by atoms with Crippen molar-refractivity contribution < 1.29 is 9.59 Å². The molecule has 7 nitrogen and oxygen atoms in total. The Hall–Kier alpha value is -3.87. The van der Waals surface area contributed by atoms with Crippen LogP contribution in [0, 0.1) is 0 Å². The first-order valence-electron chi connectivity index (χ1n) is 8.34. The number of aromatic nitrogens is 1. The first kappa shape index (κ1) is 16.6. The van der Waals surface area contributed by atoms with E-state index in [1.165, 1.54) is 4.57 Å². The van der Waals surface area contributed by atoms with Gasteiger partial charge in [-0.25, -0.2) is 0 Å². The van der Waals surface area contributed by atoms with Gasteiger partial charge < -0.3 is 11.1 Å². The highest BCUT2D eigenvalue weighted by Crippen LogP contribution is 2.23. The minimum Gasteiger partial charge on any atom is -0.384 e. The molecule has 0 radical (unpaired) electrons. The van der Waals surface area contributed by atoms with Crippen molar-refractivity contribution in [3.8, 4) is 5.69 Å². The first-order chi connectivity index (χ1) is 13.0. The molecular weight excluding hydrogens is 344 g/mol. The fourth-order valence-electron chi connectivity index (χ4n) is 3.07. The third kappa shape index (κ3) is 2.95. The van der Waals surface area contributed by atoms with E-state index >= 15 is 0 Å². The molecule has 3 aromatic rings. The van der Waals surface area contributed by atoms with E-state index < -0.39 is 17.4 Å². The molecule has 2 amide bonds. The average molecular weight is 360 g/mol. The Morgan fingerprint density at radius 2 is 1.63 bits per heavy atom. The van der Waals surface area contributed by atoms with Crippen LogP contribution in [0.2, 0.25) is 0 Å². The molecule has 0 aliphatic carbocycles. The van der Waals surface area contributed by atoms with E-state index in [-0.39, 0.29) is 16.9 Å². The molecule has 0 saturated heterocycles. The van der Waals surface area contributed by atoms with Crippen molar-refractivity contribution in [1.29, 1.82) is 0 Å². The van der Waals surface area contributed by atoms with Crippen molar-refractivity contribution in [3.63, 3.8) is 0 Å². The summed E-state index contributed by atoms with van der Waals surface area (Å²) in [6, 6.07) is 18.2. The molecule has 0 spiro atoms. The van der Waals surface area contributed by atoms with Crippen LogP contribution in [-0.2, 0) is 6.54 Å². The normalized spacial score (nSPS) is 12.6. The van der Waals surface area contributed by atoms with Gasteiger partial charge in [0, 0.05) is 18.3 Å². The lowest BCUT2D eigenvalue weighted by Crippen LogP contribution is -2.24. The number of nitrogens with two attached hydrogens (primary N) is 1. The number of hydrogen-bond acceptors (Lipinski definition) is 5. The van der Waals surface area contributed by atoms with Gasteiger partial charge in [-0.2, -0.15) is 0 Å². The predicted octanol–water partition coefficient (Wildman–Crippen LogP) is 1.92. The molecule has 1 aliphatic heterocycles. The Morgan fingerprint density at radius 3 is 2.33 bits per heavy atom. The second-order valence-electron chi connectivity index (χ2n) is 6.16. The molecule has 134 valence electrons. The largest absolute Gasteiger partial charge is 0.384 e. The zero-order valence-electron chi connectivity index (χ0n) is 14.2. The van der Waals surface area contributed by atoms with E-state index in [2.05, 4.69) is 10.6 Å². The number of anilines is 2. The van der Waals surface area contributed by atoms with E-state index in [1.807, 2.05) is 42.5 Å². The van der Waals surface area contributed by atoms with E-state index in [1.54, 1.807) is 12.1 Å². The number of rotatable bonds is 4. The van der Waals surface area contributed by atoms with Crippen LogP contribution in [0.15, 0.2) is 65.5 Å². The number of carbonyl (C=O) groups excluding carboxylic acids is 2. The molecule has 4 rings (SSSR count). The van der Waals surface area contributed by atoms with Gasteiger partial charge in [0.05, 0.1) is 16.8 Å². The number of imide groups is 1. The standard InChI is InChI=1S/C20H16N4O3/c21-18-17-15(19(26)23-20(17)27)10-16(25)24(18)14-8-6-13(7-9-14)22-11-12-4-2-1-3-5-12/h1-10,22H,11,21H2,(H,23,26,27). The van der Waals surface area contributed by atoms with Crippen molar-refractivity contribution in [2.75, 3.05) is 11.1 Å². The number of amides is 2. The number of benzene rings is 2. The van der Waals surface area contributed by atoms with Crippen LogP contribution in [0.3, 0.4) is 0 Å². The minimum atomic E-state index is -0.605. The highest BCUT2D eigenvalue weighted by atomic mass is 16.2. The van der Waals surface area contributed by atoms with Gasteiger partial charge in [-0.3, -0.25) is 24.3 Å². The lowest BCUT2D eigenvalue weighted by molar-refractivity contribution is 0.0880. The number of nitrogens with zero attached hydrogens (tertiary/aromatic N) is 1. The molecule has 2 heterocycles. The predicted molar refractivity (Wildman–Crippen MR) is 102 cm³/mol. The SMILES string of the molecule is Nc1c2c(cc(=O)n1-c1ccc(NCc3ccccc3)cc1)C(=O)NC2=O. The maximum atomic E-state index is 12.4. The Labute approximate surface area is 154 Å². The van der Waals surface area contributed by atoms with Gasteiger partial charge in [-0.1, -0.05) is 30.3 Å². The third-order valence-electron chi connectivity index (χ3n) is 4.42. The van der Waals surface area contributed by atoms with Crippen LogP contribution in [-0.4, -0.2) is 16.4 Å². The lowest BCUT2D eigenvalue weighted by Gasteiger charge is -2.13. The maximum absolute atomic E-state index is 12.4. The summed E-state index contributed by atoms with van der Waals surface area (Å²) in [5.74, 6) is -1.25. The van der Waals surface area contributed by atoms with Gasteiger partial charge in [0.2, 0.25) is 0 Å². The van der Waals surface area contributed by atoms with Gasteiger partial charge in [-0.05, 0) is 29.8 Å². The summed E-state index contributed by atoms with van der Waals surface area (Å²) in [6.07, 6.45) is 0. The number of nitrogens with one attached hydrogen (secondary N) is 2. The number of carbonyl (C=O) groups is 2. The second kappa shape index (κ2) is 6.45. The first-order valence-corrected chi connectivity index (χ1v) is 8.34. The molecule has 2 aromatic carbocycles. The average Bonchev–Trinajstić information content (AvgIpc) is 2.95. The summed E-state index contributed by atoms with van der Waals surface area (Å²) in [6.45, 7) is 0.670. The van der Waals surface area contributed by atoms with Crippen LogP contribution >= 0.6 is 0 Å². The van der Waals surface area contributed by atoms with E-state index in [0.717, 1.165) is 17.3 Å². The molecule has 0 saturated carbocycles. The molecule has 1 aromatic heterocycles. The molecule has 0 fully saturated rings. The maximum Gasteiger partial charge on any atom is 0.262 e.